The number of amides is 1. The second-order valence-electron chi connectivity index (χ2n) is 3.59. The van der Waals surface area contributed by atoms with Gasteiger partial charge in [0.25, 0.3) is 5.91 Å². The first-order valence-electron chi connectivity index (χ1n) is 4.92. The second-order valence-corrected chi connectivity index (χ2v) is 4.50. The molecule has 7 heteroatoms. The van der Waals surface area contributed by atoms with Crippen LogP contribution in [0.4, 0.5) is 5.82 Å². The van der Waals surface area contributed by atoms with Crippen LogP contribution in [-0.4, -0.2) is 27.0 Å². The van der Waals surface area contributed by atoms with Crippen LogP contribution in [0.25, 0.3) is 5.65 Å². The number of rotatable bonds is 3. The molecule has 0 saturated heterocycles. The Balaban J connectivity index is 2.26. The Morgan fingerprint density at radius 3 is 3.06 bits per heavy atom. The molecule has 2 aromatic rings. The van der Waals surface area contributed by atoms with E-state index in [1.54, 1.807) is 11.7 Å². The summed E-state index contributed by atoms with van der Waals surface area (Å²) in [6.07, 6.45) is 3.66. The van der Waals surface area contributed by atoms with Crippen LogP contribution in [0.1, 0.15) is 5.56 Å². The molecule has 0 aliphatic heterocycles. The summed E-state index contributed by atoms with van der Waals surface area (Å²) in [6.45, 7) is 1.93. The highest BCUT2D eigenvalue weighted by Crippen LogP contribution is 2.18. The van der Waals surface area contributed by atoms with E-state index >= 15 is 0 Å². The third-order valence-electron chi connectivity index (χ3n) is 2.26. The topological polar surface area (TPSA) is 78.7 Å². The largest absolute Gasteiger partial charge is 0.360 e. The van der Waals surface area contributed by atoms with Crippen molar-refractivity contribution in [3.05, 3.63) is 28.5 Å². The van der Waals surface area contributed by atoms with Crippen LogP contribution in [0.2, 0.25) is 0 Å². The summed E-state index contributed by atoms with van der Waals surface area (Å²) in [4.78, 5) is 15.2. The van der Waals surface area contributed by atoms with Crippen molar-refractivity contribution in [3.8, 4) is 0 Å². The van der Waals surface area contributed by atoms with Crippen LogP contribution in [0.3, 0.4) is 0 Å². The lowest BCUT2D eigenvalue weighted by Crippen LogP contribution is -2.26. The first kappa shape index (κ1) is 11.9. The molecule has 0 unspecified atom stereocenters. The van der Waals surface area contributed by atoms with Crippen molar-refractivity contribution in [1.82, 2.24) is 14.9 Å². The van der Waals surface area contributed by atoms with E-state index in [-0.39, 0.29) is 6.54 Å². The minimum absolute atomic E-state index is 0.0272. The molecule has 0 bridgehead atoms. The normalized spacial score (nSPS) is 10.5. The number of nitrogens with zero attached hydrogens (tertiary/aromatic N) is 2. The Morgan fingerprint density at radius 1 is 1.59 bits per heavy atom. The first-order valence-corrected chi connectivity index (χ1v) is 5.71. The van der Waals surface area contributed by atoms with Crippen molar-refractivity contribution in [2.45, 2.75) is 6.92 Å². The van der Waals surface area contributed by atoms with Crippen LogP contribution < -0.4 is 10.8 Å². The Labute approximate surface area is 106 Å². The Hall–Kier alpha value is -1.60. The third-order valence-corrected chi connectivity index (χ3v) is 2.69. The minimum atomic E-state index is -0.514. The summed E-state index contributed by atoms with van der Waals surface area (Å²) >= 11 is 3.40. The number of nitrogens with one attached hydrogen (secondary N) is 2. The van der Waals surface area contributed by atoms with E-state index in [0.717, 1.165) is 15.7 Å². The van der Waals surface area contributed by atoms with Crippen LogP contribution in [0, 0.1) is 6.92 Å². The summed E-state index contributed by atoms with van der Waals surface area (Å²) in [5, 5.41) is 11.2. The number of hydroxylamine groups is 1. The first-order chi connectivity index (χ1) is 8.10. The number of hydrogen-bond donors (Lipinski definition) is 3. The summed E-state index contributed by atoms with van der Waals surface area (Å²) in [7, 11) is 0. The molecule has 17 heavy (non-hydrogen) atoms. The molecule has 0 atom stereocenters. The molecule has 2 aromatic heterocycles. The highest BCUT2D eigenvalue weighted by atomic mass is 79.9. The summed E-state index contributed by atoms with van der Waals surface area (Å²) < 4.78 is 2.82. The van der Waals surface area contributed by atoms with Gasteiger partial charge in [-0.05, 0) is 34.5 Å². The zero-order valence-corrected chi connectivity index (χ0v) is 10.7. The quantitative estimate of drug-likeness (QED) is 0.590. The molecular formula is C10H11BrN4O2. The maximum Gasteiger partial charge on any atom is 0.262 e. The summed E-state index contributed by atoms with van der Waals surface area (Å²) in [5.41, 5.74) is 3.39. The van der Waals surface area contributed by atoms with Crippen LogP contribution >= 0.6 is 15.9 Å². The molecule has 2 heterocycles. The smallest absolute Gasteiger partial charge is 0.262 e. The van der Waals surface area contributed by atoms with Gasteiger partial charge in [-0.2, -0.15) is 0 Å². The van der Waals surface area contributed by atoms with Gasteiger partial charge < -0.3 is 9.72 Å². The number of aryl methyl sites for hydroxylation is 1. The van der Waals surface area contributed by atoms with Gasteiger partial charge in [-0.15, -0.1) is 0 Å². The van der Waals surface area contributed by atoms with Gasteiger partial charge in [-0.25, -0.2) is 10.5 Å². The standard InChI is InChI=1S/C10H11BrN4O2/c1-6-2-7(11)4-15-5-8(13-10(6)15)12-3-9(16)14-17/h2,4-5,12,17H,3H2,1H3,(H,14,16). The molecule has 2 rings (SSSR count). The van der Waals surface area contributed by atoms with Crippen LogP contribution in [-0.2, 0) is 4.79 Å². The lowest BCUT2D eigenvalue weighted by Gasteiger charge is -1.98. The van der Waals surface area contributed by atoms with E-state index in [2.05, 4.69) is 26.2 Å². The van der Waals surface area contributed by atoms with E-state index in [4.69, 9.17) is 5.21 Å². The van der Waals surface area contributed by atoms with Crippen molar-refractivity contribution in [2.75, 3.05) is 11.9 Å². The van der Waals surface area contributed by atoms with Gasteiger partial charge in [0.2, 0.25) is 0 Å². The fraction of sp³-hybridized carbons (Fsp3) is 0.200. The van der Waals surface area contributed by atoms with Gasteiger partial charge in [-0.1, -0.05) is 0 Å². The number of carbonyl (C=O) groups excluding carboxylic acids is 1. The van der Waals surface area contributed by atoms with Crippen molar-refractivity contribution >= 4 is 33.3 Å². The number of carbonyl (C=O) groups is 1. The van der Waals surface area contributed by atoms with Gasteiger partial charge in [0.15, 0.2) is 0 Å². The molecule has 0 saturated carbocycles. The number of anilines is 1. The molecule has 6 nitrogen and oxygen atoms in total. The van der Waals surface area contributed by atoms with E-state index in [1.807, 2.05) is 23.6 Å². The molecule has 0 radical (unpaired) electrons. The van der Waals surface area contributed by atoms with Crippen molar-refractivity contribution in [1.29, 1.82) is 0 Å². The van der Waals surface area contributed by atoms with Gasteiger partial charge in [0.05, 0.1) is 12.7 Å². The zero-order valence-electron chi connectivity index (χ0n) is 9.07. The maximum absolute atomic E-state index is 10.9. The zero-order chi connectivity index (χ0) is 12.4. The van der Waals surface area contributed by atoms with Crippen molar-refractivity contribution in [2.24, 2.45) is 0 Å². The van der Waals surface area contributed by atoms with Crippen molar-refractivity contribution in [3.63, 3.8) is 0 Å². The lowest BCUT2D eigenvalue weighted by molar-refractivity contribution is -0.127. The summed E-state index contributed by atoms with van der Waals surface area (Å²) in [5.74, 6) is 0.0646. The second kappa shape index (κ2) is 4.72. The molecule has 0 spiro atoms. The molecule has 90 valence electrons. The fourth-order valence-electron chi connectivity index (χ4n) is 1.52. The highest BCUT2D eigenvalue weighted by molar-refractivity contribution is 9.10. The average molecular weight is 299 g/mol. The van der Waals surface area contributed by atoms with Gasteiger partial charge in [0.1, 0.15) is 11.5 Å². The average Bonchev–Trinajstić information content (AvgIpc) is 2.69. The number of imidazole rings is 1. The summed E-state index contributed by atoms with van der Waals surface area (Å²) in [6, 6.07) is 1.96. The molecule has 0 aromatic carbocycles. The Morgan fingerprint density at radius 2 is 2.35 bits per heavy atom. The Kier molecular flexibility index (Phi) is 3.30. The van der Waals surface area contributed by atoms with Gasteiger partial charge in [0, 0.05) is 10.7 Å². The van der Waals surface area contributed by atoms with Crippen LogP contribution in [0.15, 0.2) is 22.9 Å². The third kappa shape index (κ3) is 2.56. The molecule has 0 aliphatic carbocycles. The monoisotopic (exact) mass is 298 g/mol. The molecule has 0 aliphatic rings. The van der Waals surface area contributed by atoms with E-state index < -0.39 is 5.91 Å². The molecule has 1 amide bonds. The van der Waals surface area contributed by atoms with Crippen molar-refractivity contribution < 1.29 is 10.0 Å². The highest BCUT2D eigenvalue weighted by Gasteiger charge is 2.06. The predicted molar refractivity (Wildman–Crippen MR) is 66.0 cm³/mol. The van der Waals surface area contributed by atoms with Gasteiger partial charge in [-0.3, -0.25) is 10.0 Å². The van der Waals surface area contributed by atoms with E-state index in [9.17, 15) is 4.79 Å². The molecule has 3 N–H and O–H groups in total. The SMILES string of the molecule is Cc1cc(Br)cn2cc(NCC(=O)NO)nc12. The van der Waals surface area contributed by atoms with Crippen LogP contribution in [0.5, 0.6) is 0 Å². The molecular weight excluding hydrogens is 288 g/mol. The Bertz CT molecular complexity index is 567. The van der Waals surface area contributed by atoms with E-state index in [1.165, 1.54) is 0 Å². The number of pyridine rings is 1. The predicted octanol–water partition coefficient (Wildman–Crippen LogP) is 1.32. The number of hydrogen-bond acceptors (Lipinski definition) is 4. The van der Waals surface area contributed by atoms with E-state index in [0.29, 0.717) is 5.82 Å². The number of fused-ring (bicyclic) bond motifs is 1. The number of aromatic nitrogens is 2. The molecule has 0 fully saturated rings. The minimum Gasteiger partial charge on any atom is -0.360 e. The lowest BCUT2D eigenvalue weighted by atomic mass is 10.3. The number of halogens is 1. The fourth-order valence-corrected chi connectivity index (χ4v) is 2.08. The van der Waals surface area contributed by atoms with Gasteiger partial charge >= 0.3 is 0 Å². The maximum atomic E-state index is 10.9.